The minimum Gasteiger partial charge on any atom is -0.355 e. The van der Waals surface area contributed by atoms with Gasteiger partial charge in [-0.15, -0.1) is 0 Å². The molecule has 0 saturated carbocycles. The predicted octanol–water partition coefficient (Wildman–Crippen LogP) is 7.21. The van der Waals surface area contributed by atoms with Crippen molar-refractivity contribution in [1.29, 1.82) is 0 Å². The zero-order valence-electron chi connectivity index (χ0n) is 21.3. The quantitative estimate of drug-likeness (QED) is 0.227. The second kappa shape index (κ2) is 9.90. The van der Waals surface area contributed by atoms with E-state index >= 15 is 0 Å². The second-order valence-corrected chi connectivity index (χ2v) is 18.0. The molecule has 4 aromatic rings. The largest absolute Gasteiger partial charge is 0.355 e. The highest BCUT2D eigenvalue weighted by Gasteiger charge is 2.39. The lowest BCUT2D eigenvalue weighted by molar-refractivity contribution is 0.729. The Labute approximate surface area is 208 Å². The van der Waals surface area contributed by atoms with Gasteiger partial charge in [-0.2, -0.15) is 0 Å². The maximum absolute atomic E-state index is 3.96. The minimum atomic E-state index is -1.83. The normalized spacial score (nSPS) is 12.1. The molecular weight excluding hydrogens is 445 g/mol. The van der Waals surface area contributed by atoms with Crippen LogP contribution in [0.25, 0.3) is 0 Å². The molecule has 0 amide bonds. The lowest BCUT2D eigenvalue weighted by Crippen LogP contribution is -2.51. The van der Waals surface area contributed by atoms with Crippen LogP contribution in [0.15, 0.2) is 103 Å². The third-order valence-electron chi connectivity index (χ3n) is 7.27. The lowest BCUT2D eigenvalue weighted by atomic mass is 10.2. The van der Waals surface area contributed by atoms with E-state index < -0.39 is 16.0 Å². The van der Waals surface area contributed by atoms with Crippen LogP contribution >= 0.6 is 7.92 Å². The highest BCUT2D eigenvalue weighted by Crippen LogP contribution is 2.41. The van der Waals surface area contributed by atoms with Crippen LogP contribution in [0.4, 0.5) is 11.4 Å². The first-order chi connectivity index (χ1) is 16.2. The number of para-hydroxylation sites is 2. The third-order valence-corrected chi connectivity index (χ3v) is 15.3. The van der Waals surface area contributed by atoms with E-state index in [1.807, 2.05) is 0 Å². The van der Waals surface area contributed by atoms with Gasteiger partial charge in [0.15, 0.2) is 0 Å². The smallest absolute Gasteiger partial charge is 0.0886 e. The average molecular weight is 482 g/mol. The molecule has 0 bridgehead atoms. The first kappa shape index (κ1) is 24.5. The Morgan fingerprint density at radius 2 is 1.18 bits per heavy atom. The molecule has 1 N–H and O–H groups in total. The van der Waals surface area contributed by atoms with Gasteiger partial charge in [0.1, 0.15) is 0 Å². The van der Waals surface area contributed by atoms with Gasteiger partial charge in [0, 0.05) is 16.7 Å². The van der Waals surface area contributed by atoms with Crippen molar-refractivity contribution in [3.8, 4) is 0 Å². The fourth-order valence-electron chi connectivity index (χ4n) is 4.21. The number of nitrogens with one attached hydrogen (secondary N) is 1. The van der Waals surface area contributed by atoms with Crippen LogP contribution in [-0.4, -0.2) is 8.07 Å². The van der Waals surface area contributed by atoms with Crippen LogP contribution in [-0.2, 0) is 0 Å². The lowest BCUT2D eigenvalue weighted by Gasteiger charge is -2.40. The van der Waals surface area contributed by atoms with Gasteiger partial charge in [0.2, 0.25) is 0 Å². The molecule has 0 heterocycles. The van der Waals surface area contributed by atoms with Crippen molar-refractivity contribution in [2.75, 3.05) is 5.32 Å². The highest BCUT2D eigenvalue weighted by molar-refractivity contribution is 7.80. The van der Waals surface area contributed by atoms with E-state index in [-0.39, 0.29) is 5.04 Å². The van der Waals surface area contributed by atoms with Crippen LogP contribution in [0.1, 0.15) is 26.3 Å². The second-order valence-electron chi connectivity index (χ2n) is 10.5. The molecule has 0 unspecified atom stereocenters. The van der Waals surface area contributed by atoms with E-state index in [9.17, 15) is 0 Å². The van der Waals surface area contributed by atoms with Gasteiger partial charge in [-0.1, -0.05) is 131 Å². The Morgan fingerprint density at radius 1 is 0.647 bits per heavy atom. The molecule has 0 spiro atoms. The first-order valence-corrected chi connectivity index (χ1v) is 16.4. The minimum absolute atomic E-state index is 0.232. The van der Waals surface area contributed by atoms with Gasteiger partial charge in [-0.05, 0) is 47.3 Å². The highest BCUT2D eigenvalue weighted by atomic mass is 31.1. The molecule has 0 aliphatic heterocycles. The van der Waals surface area contributed by atoms with E-state index in [2.05, 4.69) is 149 Å². The summed E-state index contributed by atoms with van der Waals surface area (Å²) in [5.74, 6) is 0. The van der Waals surface area contributed by atoms with Gasteiger partial charge in [-0.25, -0.2) is 0 Å². The summed E-state index contributed by atoms with van der Waals surface area (Å²) in [6, 6.07) is 37.7. The van der Waals surface area contributed by atoms with E-state index in [0.29, 0.717) is 0 Å². The molecule has 0 aliphatic carbocycles. The van der Waals surface area contributed by atoms with Gasteiger partial charge >= 0.3 is 0 Å². The maximum atomic E-state index is 3.96. The van der Waals surface area contributed by atoms with Crippen molar-refractivity contribution in [3.05, 3.63) is 109 Å². The Kier molecular flexibility index (Phi) is 7.12. The van der Waals surface area contributed by atoms with E-state index in [0.717, 1.165) is 0 Å². The molecule has 34 heavy (non-hydrogen) atoms. The Hall–Kier alpha value is -2.67. The standard InChI is InChI=1S/C31H36NPSi/c1-24-16-13-14-21-27(24)32-30-28(22-15-23-29(30)34(5,6)31(2,3)4)33(25-17-9-7-10-18-25)26-19-11-8-12-20-26/h7-23,32H,1-6H3. The number of hydrogen-bond donors (Lipinski definition) is 1. The number of aryl methyl sites for hydroxylation is 1. The van der Waals surface area contributed by atoms with E-state index in [4.69, 9.17) is 0 Å². The molecule has 0 fully saturated rings. The fourth-order valence-corrected chi connectivity index (χ4v) is 8.89. The molecule has 4 rings (SSSR count). The number of benzene rings is 4. The molecule has 0 radical (unpaired) electrons. The maximum Gasteiger partial charge on any atom is 0.0886 e. The summed E-state index contributed by atoms with van der Waals surface area (Å²) in [6.07, 6.45) is 0. The zero-order valence-corrected chi connectivity index (χ0v) is 23.2. The van der Waals surface area contributed by atoms with Crippen molar-refractivity contribution >= 4 is 48.5 Å². The Morgan fingerprint density at radius 3 is 1.71 bits per heavy atom. The molecule has 0 saturated heterocycles. The van der Waals surface area contributed by atoms with Crippen LogP contribution < -0.4 is 26.4 Å². The topological polar surface area (TPSA) is 12.0 Å². The summed E-state index contributed by atoms with van der Waals surface area (Å²) in [5.41, 5.74) is 3.76. The van der Waals surface area contributed by atoms with E-state index in [1.165, 1.54) is 38.0 Å². The zero-order chi connectivity index (χ0) is 24.3. The van der Waals surface area contributed by atoms with Gasteiger partial charge in [0.25, 0.3) is 0 Å². The van der Waals surface area contributed by atoms with Crippen molar-refractivity contribution in [1.82, 2.24) is 0 Å². The summed E-state index contributed by atoms with van der Waals surface area (Å²) in [4.78, 5) is 0. The van der Waals surface area contributed by atoms with Crippen LogP contribution in [0.5, 0.6) is 0 Å². The van der Waals surface area contributed by atoms with Crippen molar-refractivity contribution < 1.29 is 0 Å². The number of rotatable bonds is 6. The number of anilines is 2. The summed E-state index contributed by atoms with van der Waals surface area (Å²) in [7, 11) is -2.54. The van der Waals surface area contributed by atoms with E-state index in [1.54, 1.807) is 0 Å². The van der Waals surface area contributed by atoms with Gasteiger partial charge in [-0.3, -0.25) is 0 Å². The summed E-state index contributed by atoms with van der Waals surface area (Å²) in [5, 5.41) is 9.85. The first-order valence-electron chi connectivity index (χ1n) is 12.1. The molecular formula is C31H36NPSi. The number of hydrogen-bond acceptors (Lipinski definition) is 1. The molecule has 0 atom stereocenters. The SMILES string of the molecule is Cc1ccccc1Nc1c(P(c2ccccc2)c2ccccc2)cccc1[Si](C)(C)C(C)(C)C. The Bertz CT molecular complexity index is 1200. The molecule has 0 aromatic heterocycles. The summed E-state index contributed by atoms with van der Waals surface area (Å²) < 4.78 is 0. The monoisotopic (exact) mass is 481 g/mol. The molecule has 3 heteroatoms. The van der Waals surface area contributed by atoms with Gasteiger partial charge < -0.3 is 5.32 Å². The Balaban J connectivity index is 2.01. The third kappa shape index (κ3) is 4.90. The molecule has 4 aromatic carbocycles. The van der Waals surface area contributed by atoms with Crippen molar-refractivity contribution in [2.45, 2.75) is 45.8 Å². The van der Waals surface area contributed by atoms with Crippen molar-refractivity contribution in [2.24, 2.45) is 0 Å². The predicted molar refractivity (Wildman–Crippen MR) is 156 cm³/mol. The van der Waals surface area contributed by atoms with Crippen LogP contribution in [0.3, 0.4) is 0 Å². The fraction of sp³-hybridized carbons (Fsp3) is 0.226. The summed E-state index contributed by atoms with van der Waals surface area (Å²) in [6.45, 7) is 14.4. The summed E-state index contributed by atoms with van der Waals surface area (Å²) >= 11 is 0. The van der Waals surface area contributed by atoms with Crippen LogP contribution in [0.2, 0.25) is 18.1 Å². The average Bonchev–Trinajstić information content (AvgIpc) is 2.82. The molecule has 0 aliphatic rings. The molecule has 1 nitrogen and oxygen atoms in total. The molecule has 174 valence electrons. The van der Waals surface area contributed by atoms with Gasteiger partial charge in [0.05, 0.1) is 8.07 Å². The van der Waals surface area contributed by atoms with Crippen molar-refractivity contribution in [3.63, 3.8) is 0 Å². The van der Waals surface area contributed by atoms with Crippen LogP contribution in [0, 0.1) is 6.92 Å².